The maximum atomic E-state index is 13.1. The lowest BCUT2D eigenvalue weighted by Gasteiger charge is -2.36. The molecule has 1 fully saturated rings. The second-order valence-corrected chi connectivity index (χ2v) is 8.35. The van der Waals surface area contributed by atoms with Crippen LogP contribution in [0.4, 0.5) is 0 Å². The normalized spacial score (nSPS) is 19.0. The standard InChI is InChI=1S/C23H26N6O3.CH4/c1-15-13-32-16(2)10-27(15)11-18-8-20-21(24-9-18)28(23(30)29-22(20)25-14-26-29)12-17-4-6-19(31-3)7-5-17;/h4-9,14-16H,10-13H2,1-3H3;1H4/t15-,16-;/m0./s1. The number of pyridine rings is 1. The Kier molecular flexibility index (Phi) is 6.44. The smallest absolute Gasteiger partial charge is 0.352 e. The van der Waals surface area contributed by atoms with Crippen molar-refractivity contribution in [3.63, 3.8) is 0 Å². The van der Waals surface area contributed by atoms with Gasteiger partial charge in [-0.25, -0.2) is 14.8 Å². The molecule has 2 atom stereocenters. The number of hydrogen-bond acceptors (Lipinski definition) is 7. The van der Waals surface area contributed by atoms with Crippen LogP contribution in [0.5, 0.6) is 5.75 Å². The van der Waals surface area contributed by atoms with Crippen LogP contribution >= 0.6 is 0 Å². The van der Waals surface area contributed by atoms with Crippen molar-refractivity contribution in [1.82, 2.24) is 29.0 Å². The molecule has 3 aromatic heterocycles. The van der Waals surface area contributed by atoms with Gasteiger partial charge in [-0.05, 0) is 43.2 Å². The lowest BCUT2D eigenvalue weighted by Crippen LogP contribution is -2.46. The molecule has 0 N–H and O–H groups in total. The van der Waals surface area contributed by atoms with E-state index in [1.807, 2.05) is 30.5 Å². The first kappa shape index (κ1) is 22.9. The summed E-state index contributed by atoms with van der Waals surface area (Å²) in [6, 6.07) is 10.1. The Morgan fingerprint density at radius 2 is 1.88 bits per heavy atom. The SMILES string of the molecule is C.COc1ccc(Cn2c(=O)n3ncnc3c3cc(CN4C[C@H](C)OC[C@@H]4C)cnc32)cc1. The van der Waals surface area contributed by atoms with Gasteiger partial charge < -0.3 is 9.47 Å². The molecule has 9 nitrogen and oxygen atoms in total. The minimum Gasteiger partial charge on any atom is -0.497 e. The van der Waals surface area contributed by atoms with Crippen LogP contribution in [-0.2, 0) is 17.8 Å². The molecule has 1 aliphatic heterocycles. The van der Waals surface area contributed by atoms with Crippen LogP contribution < -0.4 is 10.4 Å². The first-order chi connectivity index (χ1) is 15.5. The van der Waals surface area contributed by atoms with Gasteiger partial charge in [-0.3, -0.25) is 9.47 Å². The van der Waals surface area contributed by atoms with E-state index in [0.29, 0.717) is 23.9 Å². The van der Waals surface area contributed by atoms with Crippen LogP contribution in [0.3, 0.4) is 0 Å². The molecule has 0 radical (unpaired) electrons. The van der Waals surface area contributed by atoms with Crippen molar-refractivity contribution in [1.29, 1.82) is 0 Å². The number of rotatable bonds is 5. The highest BCUT2D eigenvalue weighted by Gasteiger charge is 2.24. The van der Waals surface area contributed by atoms with Crippen molar-refractivity contribution in [2.45, 2.75) is 46.5 Å². The lowest BCUT2D eigenvalue weighted by molar-refractivity contribution is -0.0526. The third kappa shape index (κ3) is 4.34. The Balaban J connectivity index is 0.00000259. The van der Waals surface area contributed by atoms with Crippen molar-refractivity contribution < 1.29 is 9.47 Å². The summed E-state index contributed by atoms with van der Waals surface area (Å²) in [6.45, 7) is 6.99. The minimum absolute atomic E-state index is 0. The molecule has 174 valence electrons. The molecule has 0 saturated carbocycles. The molecule has 1 saturated heterocycles. The van der Waals surface area contributed by atoms with E-state index in [1.165, 1.54) is 10.8 Å². The minimum atomic E-state index is -0.267. The summed E-state index contributed by atoms with van der Waals surface area (Å²) in [5.74, 6) is 0.770. The van der Waals surface area contributed by atoms with Crippen LogP contribution in [0, 0.1) is 0 Å². The molecule has 1 aromatic carbocycles. The van der Waals surface area contributed by atoms with Gasteiger partial charge in [0, 0.05) is 25.3 Å². The molecule has 33 heavy (non-hydrogen) atoms. The zero-order chi connectivity index (χ0) is 22.2. The summed E-state index contributed by atoms with van der Waals surface area (Å²) in [7, 11) is 1.63. The molecule has 9 heteroatoms. The van der Waals surface area contributed by atoms with E-state index in [1.54, 1.807) is 11.7 Å². The molecular formula is C24H30N6O3. The molecule has 4 aromatic rings. The Bertz CT molecular complexity index is 1310. The number of aromatic nitrogens is 5. The van der Waals surface area contributed by atoms with Gasteiger partial charge in [0.1, 0.15) is 17.7 Å². The topological polar surface area (TPSA) is 86.8 Å². The highest BCUT2D eigenvalue weighted by atomic mass is 16.5. The first-order valence-electron chi connectivity index (χ1n) is 10.7. The van der Waals surface area contributed by atoms with Crippen LogP contribution in [0.25, 0.3) is 16.7 Å². The molecule has 4 heterocycles. The number of hydrogen-bond donors (Lipinski definition) is 0. The van der Waals surface area contributed by atoms with Crippen molar-refractivity contribution >= 4 is 16.7 Å². The third-order valence-corrected chi connectivity index (χ3v) is 6.00. The lowest BCUT2D eigenvalue weighted by atomic mass is 10.1. The Morgan fingerprint density at radius 3 is 2.64 bits per heavy atom. The summed E-state index contributed by atoms with van der Waals surface area (Å²) in [4.78, 5) is 24.6. The van der Waals surface area contributed by atoms with Gasteiger partial charge in [0.2, 0.25) is 0 Å². The van der Waals surface area contributed by atoms with Crippen LogP contribution in [0.2, 0.25) is 0 Å². The van der Waals surface area contributed by atoms with Crippen molar-refractivity contribution in [2.24, 2.45) is 0 Å². The fourth-order valence-corrected chi connectivity index (χ4v) is 4.22. The predicted molar refractivity (Wildman–Crippen MR) is 127 cm³/mol. The average molecular weight is 451 g/mol. The van der Waals surface area contributed by atoms with Crippen molar-refractivity contribution in [3.8, 4) is 5.75 Å². The third-order valence-electron chi connectivity index (χ3n) is 6.00. The first-order valence-corrected chi connectivity index (χ1v) is 10.7. The summed E-state index contributed by atoms with van der Waals surface area (Å²) in [5, 5.41) is 4.97. The van der Waals surface area contributed by atoms with Gasteiger partial charge >= 0.3 is 5.69 Å². The number of nitrogens with zero attached hydrogens (tertiary/aromatic N) is 6. The fraction of sp³-hybridized carbons (Fsp3) is 0.417. The van der Waals surface area contributed by atoms with E-state index in [9.17, 15) is 4.79 Å². The van der Waals surface area contributed by atoms with Crippen molar-refractivity contribution in [2.75, 3.05) is 20.3 Å². The summed E-state index contributed by atoms with van der Waals surface area (Å²) in [5.41, 5.74) is 2.89. The fourth-order valence-electron chi connectivity index (χ4n) is 4.22. The van der Waals surface area contributed by atoms with E-state index < -0.39 is 0 Å². The van der Waals surface area contributed by atoms with E-state index in [0.717, 1.165) is 42.0 Å². The van der Waals surface area contributed by atoms with Gasteiger partial charge in [-0.1, -0.05) is 19.6 Å². The zero-order valence-corrected chi connectivity index (χ0v) is 18.4. The second kappa shape index (κ2) is 9.29. The number of ether oxygens (including phenoxy) is 2. The Morgan fingerprint density at radius 1 is 1.09 bits per heavy atom. The maximum Gasteiger partial charge on any atom is 0.352 e. The number of methoxy groups -OCH3 is 1. The van der Waals surface area contributed by atoms with E-state index in [2.05, 4.69) is 34.9 Å². The zero-order valence-electron chi connectivity index (χ0n) is 18.4. The largest absolute Gasteiger partial charge is 0.497 e. The van der Waals surface area contributed by atoms with Crippen LogP contribution in [-0.4, -0.2) is 61.5 Å². The summed E-state index contributed by atoms with van der Waals surface area (Å²) in [6.07, 6.45) is 3.47. The van der Waals surface area contributed by atoms with E-state index in [-0.39, 0.29) is 19.2 Å². The molecule has 0 aliphatic carbocycles. The quantitative estimate of drug-likeness (QED) is 0.462. The number of fused-ring (bicyclic) bond motifs is 3. The van der Waals surface area contributed by atoms with Gasteiger partial charge in [0.05, 0.1) is 31.8 Å². The highest BCUT2D eigenvalue weighted by molar-refractivity contribution is 5.89. The molecule has 0 spiro atoms. The average Bonchev–Trinajstić information content (AvgIpc) is 3.30. The molecule has 0 bridgehead atoms. The maximum absolute atomic E-state index is 13.1. The Hall–Kier alpha value is -3.30. The summed E-state index contributed by atoms with van der Waals surface area (Å²) < 4.78 is 14.0. The monoisotopic (exact) mass is 450 g/mol. The van der Waals surface area contributed by atoms with Gasteiger partial charge in [-0.15, -0.1) is 0 Å². The number of benzene rings is 1. The predicted octanol–water partition coefficient (Wildman–Crippen LogP) is 2.74. The van der Waals surface area contributed by atoms with Gasteiger partial charge in [0.25, 0.3) is 0 Å². The van der Waals surface area contributed by atoms with E-state index >= 15 is 0 Å². The summed E-state index contributed by atoms with van der Waals surface area (Å²) >= 11 is 0. The second-order valence-electron chi connectivity index (χ2n) is 8.35. The molecule has 5 rings (SSSR count). The van der Waals surface area contributed by atoms with Gasteiger partial charge in [-0.2, -0.15) is 9.61 Å². The van der Waals surface area contributed by atoms with E-state index in [4.69, 9.17) is 14.5 Å². The van der Waals surface area contributed by atoms with Crippen LogP contribution in [0.1, 0.15) is 32.4 Å². The Labute approximate surface area is 192 Å². The van der Waals surface area contributed by atoms with Gasteiger partial charge in [0.15, 0.2) is 5.65 Å². The molecule has 0 amide bonds. The highest BCUT2D eigenvalue weighted by Crippen LogP contribution is 2.21. The molecule has 0 unspecified atom stereocenters. The molecule has 1 aliphatic rings. The molecular weight excluding hydrogens is 420 g/mol. The van der Waals surface area contributed by atoms with Crippen LogP contribution in [0.15, 0.2) is 47.7 Å². The van der Waals surface area contributed by atoms with Crippen molar-refractivity contribution in [3.05, 3.63) is 64.5 Å². The number of morpholine rings is 1.